The van der Waals surface area contributed by atoms with E-state index < -0.39 is 0 Å². The molecule has 0 spiro atoms. The molecule has 102 valence electrons. The van der Waals surface area contributed by atoms with Gasteiger partial charge in [-0.2, -0.15) is 4.98 Å². The molecular formula is C16H15FN2O. The number of benzene rings is 2. The molecule has 3 aromatic rings. The van der Waals surface area contributed by atoms with Gasteiger partial charge in [0.15, 0.2) is 5.58 Å². The molecule has 3 rings (SSSR count). The molecule has 2 aromatic carbocycles. The highest BCUT2D eigenvalue weighted by Crippen LogP contribution is 2.23. The van der Waals surface area contributed by atoms with Crippen LogP contribution in [-0.2, 0) is 0 Å². The Bertz CT molecular complexity index is 718. The van der Waals surface area contributed by atoms with Gasteiger partial charge in [0.1, 0.15) is 11.3 Å². The molecule has 0 amide bonds. The molecule has 20 heavy (non-hydrogen) atoms. The predicted molar refractivity (Wildman–Crippen MR) is 77.2 cm³/mol. The number of hydrogen-bond acceptors (Lipinski definition) is 3. The van der Waals surface area contributed by atoms with Gasteiger partial charge in [-0.15, -0.1) is 0 Å². The van der Waals surface area contributed by atoms with Crippen LogP contribution in [0.1, 0.15) is 24.1 Å². The van der Waals surface area contributed by atoms with Gasteiger partial charge in [-0.25, -0.2) is 4.39 Å². The smallest absolute Gasteiger partial charge is 0.296 e. The number of halogens is 1. The molecule has 0 bridgehead atoms. The quantitative estimate of drug-likeness (QED) is 0.764. The van der Waals surface area contributed by atoms with Crippen molar-refractivity contribution >= 4 is 17.1 Å². The Morgan fingerprint density at radius 1 is 1.20 bits per heavy atom. The van der Waals surface area contributed by atoms with Gasteiger partial charge in [0.05, 0.1) is 6.04 Å². The summed E-state index contributed by atoms with van der Waals surface area (Å²) in [5, 5.41) is 3.15. The predicted octanol–water partition coefficient (Wildman–Crippen LogP) is 4.45. The highest BCUT2D eigenvalue weighted by molar-refractivity contribution is 5.74. The molecule has 0 aliphatic heterocycles. The van der Waals surface area contributed by atoms with Gasteiger partial charge in [-0.3, -0.25) is 0 Å². The standard InChI is InChI=1S/C16H15FN2O/c1-10-7-8-12(9-13(10)17)11(2)18-16-19-14-5-3-4-6-15(14)20-16/h3-9,11H,1-2H3,(H,18,19). The van der Waals surface area contributed by atoms with E-state index in [4.69, 9.17) is 4.42 Å². The number of rotatable bonds is 3. The van der Waals surface area contributed by atoms with Gasteiger partial charge >= 0.3 is 0 Å². The first kappa shape index (κ1) is 12.7. The minimum Gasteiger partial charge on any atom is -0.424 e. The van der Waals surface area contributed by atoms with Crippen molar-refractivity contribution in [1.29, 1.82) is 0 Å². The fourth-order valence-electron chi connectivity index (χ4n) is 2.08. The molecule has 4 heteroatoms. The van der Waals surface area contributed by atoms with Crippen LogP contribution < -0.4 is 5.32 Å². The number of hydrogen-bond donors (Lipinski definition) is 1. The second kappa shape index (κ2) is 4.96. The molecule has 0 saturated carbocycles. The summed E-state index contributed by atoms with van der Waals surface area (Å²) >= 11 is 0. The van der Waals surface area contributed by atoms with Crippen molar-refractivity contribution in [2.45, 2.75) is 19.9 Å². The van der Waals surface area contributed by atoms with E-state index in [0.29, 0.717) is 11.6 Å². The zero-order chi connectivity index (χ0) is 14.1. The Kier molecular flexibility index (Phi) is 3.14. The minimum atomic E-state index is -0.200. The van der Waals surface area contributed by atoms with E-state index in [0.717, 1.165) is 16.7 Å². The fourth-order valence-corrected chi connectivity index (χ4v) is 2.08. The number of para-hydroxylation sites is 2. The van der Waals surface area contributed by atoms with Crippen LogP contribution in [0.3, 0.4) is 0 Å². The first-order chi connectivity index (χ1) is 9.63. The van der Waals surface area contributed by atoms with E-state index in [1.54, 1.807) is 13.0 Å². The number of oxazole rings is 1. The molecule has 0 aliphatic rings. The Labute approximate surface area is 116 Å². The first-order valence-corrected chi connectivity index (χ1v) is 6.51. The third-order valence-corrected chi connectivity index (χ3v) is 3.33. The lowest BCUT2D eigenvalue weighted by molar-refractivity contribution is 0.598. The van der Waals surface area contributed by atoms with E-state index in [9.17, 15) is 4.39 Å². The van der Waals surface area contributed by atoms with Crippen LogP contribution in [0, 0.1) is 12.7 Å². The second-order valence-electron chi connectivity index (χ2n) is 4.86. The fraction of sp³-hybridized carbons (Fsp3) is 0.188. The SMILES string of the molecule is Cc1ccc(C(C)Nc2nc3ccccc3o2)cc1F. The maximum atomic E-state index is 13.6. The Hall–Kier alpha value is -2.36. The summed E-state index contributed by atoms with van der Waals surface area (Å²) < 4.78 is 19.2. The van der Waals surface area contributed by atoms with Gasteiger partial charge < -0.3 is 9.73 Å². The summed E-state index contributed by atoms with van der Waals surface area (Å²) in [6.45, 7) is 3.69. The van der Waals surface area contributed by atoms with Crippen molar-refractivity contribution in [3.05, 3.63) is 59.4 Å². The maximum absolute atomic E-state index is 13.6. The van der Waals surface area contributed by atoms with Gasteiger partial charge in [0.2, 0.25) is 0 Å². The summed E-state index contributed by atoms with van der Waals surface area (Å²) in [6.07, 6.45) is 0. The lowest BCUT2D eigenvalue weighted by Gasteiger charge is -2.13. The van der Waals surface area contributed by atoms with Gasteiger partial charge in [-0.1, -0.05) is 24.3 Å². The molecule has 1 atom stereocenters. The monoisotopic (exact) mass is 270 g/mol. The summed E-state index contributed by atoms with van der Waals surface area (Å²) in [5.74, 6) is -0.200. The third kappa shape index (κ3) is 2.37. The molecule has 0 aliphatic carbocycles. The number of anilines is 1. The van der Waals surface area contributed by atoms with E-state index in [1.807, 2.05) is 37.3 Å². The summed E-state index contributed by atoms with van der Waals surface area (Å²) in [4.78, 5) is 4.35. The van der Waals surface area contributed by atoms with Crippen LogP contribution in [0.25, 0.3) is 11.1 Å². The normalized spacial score (nSPS) is 12.6. The van der Waals surface area contributed by atoms with Crippen LogP contribution in [0.15, 0.2) is 46.9 Å². The van der Waals surface area contributed by atoms with Crippen LogP contribution in [0.5, 0.6) is 0 Å². The van der Waals surface area contributed by atoms with Crippen LogP contribution >= 0.6 is 0 Å². The molecule has 1 heterocycles. The molecule has 1 N–H and O–H groups in total. The minimum absolute atomic E-state index is 0.0850. The van der Waals surface area contributed by atoms with Crippen molar-refractivity contribution in [2.75, 3.05) is 5.32 Å². The van der Waals surface area contributed by atoms with Gasteiger partial charge in [0.25, 0.3) is 6.01 Å². The van der Waals surface area contributed by atoms with Gasteiger partial charge in [0, 0.05) is 0 Å². The largest absolute Gasteiger partial charge is 0.424 e. The van der Waals surface area contributed by atoms with Crippen LogP contribution in [0.2, 0.25) is 0 Å². The number of nitrogens with zero attached hydrogens (tertiary/aromatic N) is 1. The average Bonchev–Trinajstić information content (AvgIpc) is 2.83. The van der Waals surface area contributed by atoms with Crippen molar-refractivity contribution < 1.29 is 8.81 Å². The summed E-state index contributed by atoms with van der Waals surface area (Å²) in [7, 11) is 0. The maximum Gasteiger partial charge on any atom is 0.296 e. The van der Waals surface area contributed by atoms with E-state index in [2.05, 4.69) is 10.3 Å². The molecule has 1 unspecified atom stereocenters. The lowest BCUT2D eigenvalue weighted by Crippen LogP contribution is -2.07. The molecular weight excluding hydrogens is 255 g/mol. The molecule has 3 nitrogen and oxygen atoms in total. The highest BCUT2D eigenvalue weighted by Gasteiger charge is 2.11. The van der Waals surface area contributed by atoms with Crippen molar-refractivity contribution in [1.82, 2.24) is 4.98 Å². The number of fused-ring (bicyclic) bond motifs is 1. The average molecular weight is 270 g/mol. The Balaban J connectivity index is 1.84. The zero-order valence-corrected chi connectivity index (χ0v) is 11.4. The number of aryl methyl sites for hydroxylation is 1. The molecule has 1 aromatic heterocycles. The van der Waals surface area contributed by atoms with E-state index in [1.165, 1.54) is 6.07 Å². The zero-order valence-electron chi connectivity index (χ0n) is 11.4. The lowest BCUT2D eigenvalue weighted by atomic mass is 10.1. The second-order valence-corrected chi connectivity index (χ2v) is 4.86. The summed E-state index contributed by atoms with van der Waals surface area (Å²) in [6, 6.07) is 13.1. The number of aromatic nitrogens is 1. The van der Waals surface area contributed by atoms with Gasteiger partial charge in [-0.05, 0) is 43.2 Å². The van der Waals surface area contributed by atoms with Crippen molar-refractivity contribution in [3.8, 4) is 0 Å². The van der Waals surface area contributed by atoms with Crippen LogP contribution in [0.4, 0.5) is 10.4 Å². The molecule has 0 radical (unpaired) electrons. The third-order valence-electron chi connectivity index (χ3n) is 3.33. The molecule has 0 saturated heterocycles. The van der Waals surface area contributed by atoms with E-state index >= 15 is 0 Å². The Morgan fingerprint density at radius 3 is 2.75 bits per heavy atom. The topological polar surface area (TPSA) is 38.1 Å². The first-order valence-electron chi connectivity index (χ1n) is 6.51. The van der Waals surface area contributed by atoms with Crippen LogP contribution in [-0.4, -0.2) is 4.98 Å². The summed E-state index contributed by atoms with van der Waals surface area (Å²) in [5.41, 5.74) is 3.03. The van der Waals surface area contributed by atoms with Crippen molar-refractivity contribution in [2.24, 2.45) is 0 Å². The van der Waals surface area contributed by atoms with Crippen molar-refractivity contribution in [3.63, 3.8) is 0 Å². The highest BCUT2D eigenvalue weighted by atomic mass is 19.1. The Morgan fingerprint density at radius 2 is 2.00 bits per heavy atom. The number of nitrogens with one attached hydrogen (secondary N) is 1. The van der Waals surface area contributed by atoms with E-state index in [-0.39, 0.29) is 11.9 Å². The molecule has 0 fully saturated rings.